The average Bonchev–Trinajstić information content (AvgIpc) is 2.54. The van der Waals surface area contributed by atoms with Gasteiger partial charge in [0.2, 0.25) is 10.0 Å². The number of aryl methyl sites for hydroxylation is 1. The SMILES string of the molecule is C[C@H](CCc1ccccc1)NC(=O)c1cc(NS(C)(=O)=O)ccc1Cl. The van der Waals surface area contributed by atoms with Crippen molar-refractivity contribution in [2.75, 3.05) is 11.0 Å². The Kier molecular flexibility index (Phi) is 6.45. The monoisotopic (exact) mass is 380 g/mol. The number of carbonyl (C=O) groups is 1. The van der Waals surface area contributed by atoms with Crippen molar-refractivity contribution in [2.24, 2.45) is 0 Å². The second-order valence-corrected chi connectivity index (χ2v) is 8.12. The van der Waals surface area contributed by atoms with Gasteiger partial charge in [-0.3, -0.25) is 9.52 Å². The van der Waals surface area contributed by atoms with Crippen LogP contribution >= 0.6 is 11.6 Å². The second-order valence-electron chi connectivity index (χ2n) is 5.97. The lowest BCUT2D eigenvalue weighted by Gasteiger charge is -2.15. The highest BCUT2D eigenvalue weighted by molar-refractivity contribution is 7.92. The van der Waals surface area contributed by atoms with Crippen molar-refractivity contribution in [3.05, 3.63) is 64.7 Å². The topological polar surface area (TPSA) is 75.3 Å². The van der Waals surface area contributed by atoms with Crippen molar-refractivity contribution in [1.29, 1.82) is 0 Å². The molecule has 7 heteroatoms. The van der Waals surface area contributed by atoms with E-state index in [2.05, 4.69) is 10.0 Å². The molecule has 0 unspecified atom stereocenters. The molecule has 2 N–H and O–H groups in total. The normalized spacial score (nSPS) is 12.4. The van der Waals surface area contributed by atoms with Gasteiger partial charge in [-0.05, 0) is 43.5 Å². The van der Waals surface area contributed by atoms with Crippen LogP contribution in [0.2, 0.25) is 5.02 Å². The first-order valence-corrected chi connectivity index (χ1v) is 10.1. The molecule has 2 aromatic rings. The Bertz CT molecular complexity index is 839. The van der Waals surface area contributed by atoms with Gasteiger partial charge in [0.05, 0.1) is 16.8 Å². The summed E-state index contributed by atoms with van der Waals surface area (Å²) < 4.78 is 25.0. The number of halogens is 1. The van der Waals surface area contributed by atoms with Crippen molar-refractivity contribution < 1.29 is 13.2 Å². The number of rotatable bonds is 7. The zero-order valence-electron chi connectivity index (χ0n) is 14.1. The molecule has 0 saturated heterocycles. The summed E-state index contributed by atoms with van der Waals surface area (Å²) in [6, 6.07) is 14.4. The van der Waals surface area contributed by atoms with E-state index >= 15 is 0 Å². The second kappa shape index (κ2) is 8.36. The predicted molar refractivity (Wildman–Crippen MR) is 102 cm³/mol. The van der Waals surface area contributed by atoms with Crippen molar-refractivity contribution in [1.82, 2.24) is 5.32 Å². The maximum atomic E-state index is 12.4. The number of carbonyl (C=O) groups excluding carboxylic acids is 1. The lowest BCUT2D eigenvalue weighted by atomic mass is 10.1. The number of hydrogen-bond donors (Lipinski definition) is 2. The highest BCUT2D eigenvalue weighted by Crippen LogP contribution is 2.21. The molecule has 1 atom stereocenters. The van der Waals surface area contributed by atoms with Crippen molar-refractivity contribution in [3.63, 3.8) is 0 Å². The van der Waals surface area contributed by atoms with E-state index in [1.165, 1.54) is 23.8 Å². The van der Waals surface area contributed by atoms with Gasteiger partial charge in [0, 0.05) is 11.7 Å². The average molecular weight is 381 g/mol. The summed E-state index contributed by atoms with van der Waals surface area (Å²) in [4.78, 5) is 12.4. The zero-order valence-corrected chi connectivity index (χ0v) is 15.7. The third-order valence-corrected chi connectivity index (χ3v) is 4.54. The molecule has 0 heterocycles. The zero-order chi connectivity index (χ0) is 18.4. The van der Waals surface area contributed by atoms with E-state index < -0.39 is 10.0 Å². The maximum Gasteiger partial charge on any atom is 0.253 e. The highest BCUT2D eigenvalue weighted by atomic mass is 35.5. The molecule has 0 aliphatic rings. The molecule has 2 rings (SSSR count). The van der Waals surface area contributed by atoms with Gasteiger partial charge >= 0.3 is 0 Å². The van der Waals surface area contributed by atoms with Crippen LogP contribution in [0.4, 0.5) is 5.69 Å². The first-order valence-electron chi connectivity index (χ1n) is 7.87. The van der Waals surface area contributed by atoms with Gasteiger partial charge in [-0.1, -0.05) is 41.9 Å². The third kappa shape index (κ3) is 6.40. The fourth-order valence-electron chi connectivity index (χ4n) is 2.38. The Morgan fingerprint density at radius 1 is 1.16 bits per heavy atom. The van der Waals surface area contributed by atoms with E-state index in [4.69, 9.17) is 11.6 Å². The molecule has 2 aromatic carbocycles. The summed E-state index contributed by atoms with van der Waals surface area (Å²) >= 11 is 6.08. The fourth-order valence-corrected chi connectivity index (χ4v) is 3.14. The van der Waals surface area contributed by atoms with Crippen LogP contribution < -0.4 is 10.0 Å². The third-order valence-electron chi connectivity index (χ3n) is 3.60. The molecule has 0 fully saturated rings. The van der Waals surface area contributed by atoms with E-state index in [9.17, 15) is 13.2 Å². The Balaban J connectivity index is 2.00. The number of sulfonamides is 1. The van der Waals surface area contributed by atoms with Gasteiger partial charge in [-0.2, -0.15) is 0 Å². The van der Waals surface area contributed by atoms with Gasteiger partial charge in [-0.15, -0.1) is 0 Å². The number of hydrogen-bond acceptors (Lipinski definition) is 3. The van der Waals surface area contributed by atoms with Gasteiger partial charge in [0.15, 0.2) is 0 Å². The summed E-state index contributed by atoms with van der Waals surface area (Å²) in [7, 11) is -3.42. The van der Waals surface area contributed by atoms with Gasteiger partial charge in [0.25, 0.3) is 5.91 Å². The first-order chi connectivity index (χ1) is 11.7. The quantitative estimate of drug-likeness (QED) is 0.772. The van der Waals surface area contributed by atoms with Crippen LogP contribution in [0.5, 0.6) is 0 Å². The fraction of sp³-hybridized carbons (Fsp3) is 0.278. The maximum absolute atomic E-state index is 12.4. The predicted octanol–water partition coefficient (Wildman–Crippen LogP) is 3.46. The number of benzene rings is 2. The van der Waals surface area contributed by atoms with Crippen molar-refractivity contribution >= 4 is 33.2 Å². The minimum Gasteiger partial charge on any atom is -0.350 e. The minimum absolute atomic E-state index is 0.0460. The smallest absolute Gasteiger partial charge is 0.253 e. The largest absolute Gasteiger partial charge is 0.350 e. The molecule has 25 heavy (non-hydrogen) atoms. The van der Waals surface area contributed by atoms with Crippen LogP contribution in [0, 0.1) is 0 Å². The molecule has 5 nitrogen and oxygen atoms in total. The summed E-state index contributed by atoms with van der Waals surface area (Å²) in [6.45, 7) is 1.92. The lowest BCUT2D eigenvalue weighted by Crippen LogP contribution is -2.33. The molecular weight excluding hydrogens is 360 g/mol. The van der Waals surface area contributed by atoms with Crippen LogP contribution in [0.1, 0.15) is 29.3 Å². The Morgan fingerprint density at radius 3 is 2.48 bits per heavy atom. The summed E-state index contributed by atoms with van der Waals surface area (Å²) in [6.07, 6.45) is 2.69. The molecular formula is C18H21ClN2O3S. The number of anilines is 1. The molecule has 0 aliphatic heterocycles. The van der Waals surface area contributed by atoms with Crippen LogP contribution in [0.3, 0.4) is 0 Å². The standard InChI is InChI=1S/C18H21ClN2O3S/c1-13(8-9-14-6-4-3-5-7-14)20-18(22)16-12-15(10-11-17(16)19)21-25(2,23)24/h3-7,10-13,21H,8-9H2,1-2H3,(H,20,22)/t13-/m1/s1. The Morgan fingerprint density at radius 2 is 1.84 bits per heavy atom. The Hall–Kier alpha value is -2.05. The molecule has 0 aromatic heterocycles. The van der Waals surface area contributed by atoms with Crippen LogP contribution in [0.15, 0.2) is 48.5 Å². The summed E-state index contributed by atoms with van der Waals surface area (Å²) in [5, 5.41) is 3.17. The van der Waals surface area contributed by atoms with E-state index in [1.54, 1.807) is 0 Å². The van der Waals surface area contributed by atoms with E-state index in [0.717, 1.165) is 19.1 Å². The van der Waals surface area contributed by atoms with E-state index in [0.29, 0.717) is 5.69 Å². The molecule has 1 amide bonds. The van der Waals surface area contributed by atoms with Gasteiger partial charge < -0.3 is 5.32 Å². The molecule has 0 aliphatic carbocycles. The Labute approximate surface area is 153 Å². The molecule has 0 saturated carbocycles. The number of nitrogens with one attached hydrogen (secondary N) is 2. The first kappa shape index (κ1) is 19.3. The number of amides is 1. The molecule has 0 spiro atoms. The van der Waals surface area contributed by atoms with Gasteiger partial charge in [-0.25, -0.2) is 8.42 Å². The minimum atomic E-state index is -3.42. The van der Waals surface area contributed by atoms with Crippen LogP contribution in [-0.4, -0.2) is 26.6 Å². The van der Waals surface area contributed by atoms with Crippen molar-refractivity contribution in [2.45, 2.75) is 25.8 Å². The van der Waals surface area contributed by atoms with Crippen LogP contribution in [0.25, 0.3) is 0 Å². The summed E-state index contributed by atoms with van der Waals surface area (Å²) in [5.74, 6) is -0.331. The molecule has 0 bridgehead atoms. The summed E-state index contributed by atoms with van der Waals surface area (Å²) in [5.41, 5.74) is 1.75. The van der Waals surface area contributed by atoms with Crippen LogP contribution in [-0.2, 0) is 16.4 Å². The lowest BCUT2D eigenvalue weighted by molar-refractivity contribution is 0.0938. The van der Waals surface area contributed by atoms with E-state index in [1.807, 2.05) is 37.3 Å². The van der Waals surface area contributed by atoms with E-state index in [-0.39, 0.29) is 22.5 Å². The highest BCUT2D eigenvalue weighted by Gasteiger charge is 2.15. The van der Waals surface area contributed by atoms with Gasteiger partial charge in [0.1, 0.15) is 0 Å². The molecule has 0 radical (unpaired) electrons. The van der Waals surface area contributed by atoms with Crippen molar-refractivity contribution in [3.8, 4) is 0 Å². The molecule has 134 valence electrons.